The normalized spacial score (nSPS) is 28.3. The number of nitrogens with zero attached hydrogens (tertiary/aromatic N) is 1. The van der Waals surface area contributed by atoms with Gasteiger partial charge in [-0.3, -0.25) is 0 Å². The van der Waals surface area contributed by atoms with Crippen LogP contribution in [0.15, 0.2) is 0 Å². The van der Waals surface area contributed by atoms with Gasteiger partial charge in [-0.05, 0) is 39.4 Å². The summed E-state index contributed by atoms with van der Waals surface area (Å²) < 4.78 is 22.0. The highest BCUT2D eigenvalue weighted by Crippen LogP contribution is 2.14. The van der Waals surface area contributed by atoms with Crippen molar-refractivity contribution in [2.24, 2.45) is 5.14 Å². The van der Waals surface area contributed by atoms with Crippen molar-refractivity contribution in [3.8, 4) is 0 Å². The molecule has 4 nitrogen and oxygen atoms in total. The molecule has 1 aliphatic heterocycles. The van der Waals surface area contributed by atoms with Gasteiger partial charge in [0.15, 0.2) is 0 Å². The molecule has 1 saturated heterocycles. The lowest BCUT2D eigenvalue weighted by molar-refractivity contribution is 0.349. The van der Waals surface area contributed by atoms with E-state index in [0.29, 0.717) is 12.8 Å². The van der Waals surface area contributed by atoms with Crippen LogP contribution in [-0.4, -0.2) is 38.7 Å². The molecular formula is C7H16N2O2S. The second-order valence-corrected chi connectivity index (χ2v) is 5.29. The molecule has 0 radical (unpaired) electrons. The van der Waals surface area contributed by atoms with Gasteiger partial charge in [0.1, 0.15) is 0 Å². The molecule has 5 heteroatoms. The minimum atomic E-state index is -3.30. The van der Waals surface area contributed by atoms with Gasteiger partial charge >= 0.3 is 0 Å². The molecule has 1 aliphatic rings. The molecule has 0 saturated carbocycles. The van der Waals surface area contributed by atoms with E-state index >= 15 is 0 Å². The predicted octanol–water partition coefficient (Wildman–Crippen LogP) is -0.241. The smallest absolute Gasteiger partial charge is 0.212 e. The van der Waals surface area contributed by atoms with E-state index < -0.39 is 10.0 Å². The van der Waals surface area contributed by atoms with Crippen molar-refractivity contribution in [3.63, 3.8) is 0 Å². The van der Waals surface area contributed by atoms with Crippen molar-refractivity contribution in [2.75, 3.05) is 20.1 Å². The monoisotopic (exact) mass is 192 g/mol. The Morgan fingerprint density at radius 1 is 1.33 bits per heavy atom. The Labute approximate surface area is 73.8 Å². The molecule has 1 rings (SSSR count). The van der Waals surface area contributed by atoms with Gasteiger partial charge in [0.25, 0.3) is 0 Å². The first-order valence-corrected chi connectivity index (χ1v) is 5.81. The quantitative estimate of drug-likeness (QED) is 0.623. The molecular weight excluding hydrogens is 176 g/mol. The number of hydrogen-bond acceptors (Lipinski definition) is 3. The first kappa shape index (κ1) is 9.95. The molecule has 0 amide bonds. The summed E-state index contributed by atoms with van der Waals surface area (Å²) in [5.74, 6) is 0. The summed E-state index contributed by atoms with van der Waals surface area (Å²) in [6, 6.07) is 0. The highest BCUT2D eigenvalue weighted by Gasteiger charge is 2.23. The van der Waals surface area contributed by atoms with Crippen molar-refractivity contribution in [3.05, 3.63) is 0 Å². The van der Waals surface area contributed by atoms with E-state index in [1.54, 1.807) is 0 Å². The lowest BCUT2D eigenvalue weighted by Crippen LogP contribution is -2.29. The Hall–Kier alpha value is -0.130. The molecule has 0 aromatic heterocycles. The Kier molecular flexibility index (Phi) is 3.09. The zero-order valence-corrected chi connectivity index (χ0v) is 8.18. The van der Waals surface area contributed by atoms with Crippen LogP contribution in [0.1, 0.15) is 19.3 Å². The largest absolute Gasteiger partial charge is 0.306 e. The number of primary sulfonamides is 1. The maximum atomic E-state index is 11.0. The minimum absolute atomic E-state index is 0.317. The van der Waals surface area contributed by atoms with E-state index in [0.717, 1.165) is 19.5 Å². The number of likely N-dealkylation sites (tertiary alicyclic amines) is 1. The Morgan fingerprint density at radius 2 is 2.00 bits per heavy atom. The van der Waals surface area contributed by atoms with Gasteiger partial charge < -0.3 is 4.90 Å². The van der Waals surface area contributed by atoms with Crippen LogP contribution >= 0.6 is 0 Å². The minimum Gasteiger partial charge on any atom is -0.306 e. The van der Waals surface area contributed by atoms with E-state index in [2.05, 4.69) is 4.90 Å². The summed E-state index contributed by atoms with van der Waals surface area (Å²) in [6.45, 7) is 1.81. The van der Waals surface area contributed by atoms with Gasteiger partial charge in [-0.25, -0.2) is 13.6 Å². The van der Waals surface area contributed by atoms with Gasteiger partial charge in [0.05, 0.1) is 5.25 Å². The fourth-order valence-electron chi connectivity index (χ4n) is 1.54. The molecule has 72 valence electrons. The molecule has 0 bridgehead atoms. The third-order valence-electron chi connectivity index (χ3n) is 2.36. The molecule has 1 unspecified atom stereocenters. The van der Waals surface area contributed by atoms with Gasteiger partial charge in [0, 0.05) is 0 Å². The molecule has 0 aromatic rings. The van der Waals surface area contributed by atoms with Crippen molar-refractivity contribution in [1.29, 1.82) is 0 Å². The average molecular weight is 192 g/mol. The molecule has 1 atom stereocenters. The summed E-state index contributed by atoms with van der Waals surface area (Å²) in [6.07, 6.45) is 2.32. The van der Waals surface area contributed by atoms with Crippen LogP contribution in [-0.2, 0) is 10.0 Å². The van der Waals surface area contributed by atoms with E-state index in [-0.39, 0.29) is 5.25 Å². The Balaban J connectivity index is 2.58. The maximum absolute atomic E-state index is 11.0. The average Bonchev–Trinajstić information content (AvgIpc) is 2.11. The zero-order chi connectivity index (χ0) is 9.19. The predicted molar refractivity (Wildman–Crippen MR) is 48.2 cm³/mol. The molecule has 12 heavy (non-hydrogen) atoms. The van der Waals surface area contributed by atoms with Crippen LogP contribution in [0.4, 0.5) is 0 Å². The van der Waals surface area contributed by atoms with E-state index in [4.69, 9.17) is 5.14 Å². The molecule has 1 fully saturated rings. The number of nitrogens with two attached hydrogens (primary N) is 1. The molecule has 0 aromatic carbocycles. The van der Waals surface area contributed by atoms with Crippen LogP contribution in [0.3, 0.4) is 0 Å². The summed E-state index contributed by atoms with van der Waals surface area (Å²) in [5, 5.41) is 4.76. The van der Waals surface area contributed by atoms with E-state index in [9.17, 15) is 8.42 Å². The Morgan fingerprint density at radius 3 is 2.58 bits per heavy atom. The molecule has 1 heterocycles. The second-order valence-electron chi connectivity index (χ2n) is 3.45. The standard InChI is InChI=1S/C7H16N2O2S/c1-9-5-2-3-7(4-6-9)12(8,10)11/h7H,2-6H2,1H3,(H2,8,10,11). The zero-order valence-electron chi connectivity index (χ0n) is 7.36. The fraction of sp³-hybridized carbons (Fsp3) is 1.00. The lowest BCUT2D eigenvalue weighted by Gasteiger charge is -2.12. The lowest BCUT2D eigenvalue weighted by atomic mass is 10.2. The summed E-state index contributed by atoms with van der Waals surface area (Å²) in [5.41, 5.74) is 0. The van der Waals surface area contributed by atoms with E-state index in [1.165, 1.54) is 0 Å². The van der Waals surface area contributed by atoms with Crippen LogP contribution in [0.2, 0.25) is 0 Å². The van der Waals surface area contributed by atoms with Crippen LogP contribution < -0.4 is 5.14 Å². The number of rotatable bonds is 1. The third kappa shape index (κ3) is 2.73. The fourth-order valence-corrected chi connectivity index (χ4v) is 2.47. The van der Waals surface area contributed by atoms with E-state index in [1.807, 2.05) is 7.05 Å². The van der Waals surface area contributed by atoms with Crippen molar-refractivity contribution < 1.29 is 8.42 Å². The maximum Gasteiger partial charge on any atom is 0.212 e. The molecule has 2 N–H and O–H groups in total. The van der Waals surface area contributed by atoms with Gasteiger partial charge in [-0.1, -0.05) is 0 Å². The third-order valence-corrected chi connectivity index (χ3v) is 3.76. The highest BCUT2D eigenvalue weighted by atomic mass is 32.2. The van der Waals surface area contributed by atoms with Crippen LogP contribution in [0, 0.1) is 0 Å². The first-order valence-electron chi connectivity index (χ1n) is 4.20. The topological polar surface area (TPSA) is 63.4 Å². The van der Waals surface area contributed by atoms with Crippen molar-refractivity contribution in [2.45, 2.75) is 24.5 Å². The van der Waals surface area contributed by atoms with Crippen molar-refractivity contribution in [1.82, 2.24) is 4.90 Å². The van der Waals surface area contributed by atoms with Crippen LogP contribution in [0.25, 0.3) is 0 Å². The molecule has 0 aliphatic carbocycles. The summed E-state index contributed by atoms with van der Waals surface area (Å²) >= 11 is 0. The van der Waals surface area contributed by atoms with Crippen molar-refractivity contribution >= 4 is 10.0 Å². The Bertz CT molecular complexity index is 238. The summed E-state index contributed by atoms with van der Waals surface area (Å²) in [7, 11) is -1.29. The molecule has 0 spiro atoms. The first-order chi connectivity index (χ1) is 5.50. The summed E-state index contributed by atoms with van der Waals surface area (Å²) in [4.78, 5) is 2.14. The highest BCUT2D eigenvalue weighted by molar-refractivity contribution is 7.89. The van der Waals surface area contributed by atoms with Gasteiger partial charge in [0.2, 0.25) is 10.0 Å². The second kappa shape index (κ2) is 3.72. The van der Waals surface area contributed by atoms with Gasteiger partial charge in [-0.2, -0.15) is 0 Å². The number of hydrogen-bond donors (Lipinski definition) is 1. The SMILES string of the molecule is CN1CCCC(S(N)(=O)=O)CC1. The number of sulfonamides is 1. The van der Waals surface area contributed by atoms with Crippen LogP contribution in [0.5, 0.6) is 0 Å². The van der Waals surface area contributed by atoms with Gasteiger partial charge in [-0.15, -0.1) is 0 Å².